The molecule has 0 aliphatic rings. The molecule has 2 aromatic heterocycles. The molecule has 0 unspecified atom stereocenters. The lowest BCUT2D eigenvalue weighted by atomic mass is 9.87. The lowest BCUT2D eigenvalue weighted by Gasteiger charge is -2.16. The summed E-state index contributed by atoms with van der Waals surface area (Å²) in [6.45, 7) is 1.78. The fraction of sp³-hybridized carbons (Fsp3) is 0.200. The Morgan fingerprint density at radius 3 is 2.73 bits per heavy atom. The number of nitrogens with zero attached hydrogens (tertiary/aromatic N) is 2. The first-order chi connectivity index (χ1) is 10.6. The first-order valence-electron chi connectivity index (χ1n) is 6.83. The van der Waals surface area contributed by atoms with Crippen LogP contribution in [0, 0.1) is 6.92 Å². The zero-order chi connectivity index (χ0) is 15.7. The van der Waals surface area contributed by atoms with Gasteiger partial charge in [-0.1, -0.05) is 12.1 Å². The largest absolute Gasteiger partial charge is 0.370 e. The fourth-order valence-corrected chi connectivity index (χ4v) is 2.74. The predicted molar refractivity (Wildman–Crippen MR) is 81.3 cm³/mol. The van der Waals surface area contributed by atoms with E-state index in [0.29, 0.717) is 22.3 Å². The van der Waals surface area contributed by atoms with Crippen LogP contribution in [0.25, 0.3) is 11.0 Å². The van der Waals surface area contributed by atoms with Gasteiger partial charge in [-0.25, -0.2) is 0 Å². The van der Waals surface area contributed by atoms with Crippen molar-refractivity contribution in [2.75, 3.05) is 0 Å². The number of amides is 1. The molecule has 0 radical (unpaired) electrons. The number of aryl methyl sites for hydroxylation is 1. The van der Waals surface area contributed by atoms with Crippen LogP contribution in [0.5, 0.6) is 0 Å². The van der Waals surface area contributed by atoms with Crippen molar-refractivity contribution in [3.63, 3.8) is 0 Å². The minimum Gasteiger partial charge on any atom is -0.370 e. The van der Waals surface area contributed by atoms with Gasteiger partial charge in [0.15, 0.2) is 0 Å². The standard InChI is InChI=1S/C15H15N5O2/c1-8-13(15(22)20-19-8)10(7-12(16)21)9-3-2-4-11-14(9)18-6-5-17-11/h2-6,10H,7H2,1H3,(H2,16,21)(H2,19,20,22)/t10-/m0/s1. The first kappa shape index (κ1) is 14.0. The minimum atomic E-state index is -0.481. The molecular weight excluding hydrogens is 282 g/mol. The van der Waals surface area contributed by atoms with Crippen LogP contribution >= 0.6 is 0 Å². The molecule has 0 aliphatic carbocycles. The number of aromatic nitrogens is 4. The second-order valence-electron chi connectivity index (χ2n) is 5.11. The maximum Gasteiger partial charge on any atom is 0.267 e. The number of nitrogens with one attached hydrogen (secondary N) is 2. The molecule has 0 aliphatic heterocycles. The number of carbonyl (C=O) groups excluding carboxylic acids is 1. The van der Waals surface area contributed by atoms with Crippen LogP contribution in [0.1, 0.15) is 29.2 Å². The molecule has 0 saturated heterocycles. The highest BCUT2D eigenvalue weighted by Gasteiger charge is 2.25. The first-order valence-corrected chi connectivity index (χ1v) is 6.83. The Kier molecular flexibility index (Phi) is 3.46. The maximum absolute atomic E-state index is 12.1. The Labute approximate surface area is 125 Å². The van der Waals surface area contributed by atoms with E-state index in [4.69, 9.17) is 5.73 Å². The van der Waals surface area contributed by atoms with Crippen LogP contribution in [0.4, 0.5) is 0 Å². The molecule has 4 N–H and O–H groups in total. The molecule has 7 nitrogen and oxygen atoms in total. The quantitative estimate of drug-likeness (QED) is 0.664. The summed E-state index contributed by atoms with van der Waals surface area (Å²) >= 11 is 0. The average molecular weight is 297 g/mol. The van der Waals surface area contributed by atoms with Crippen LogP contribution in [0.3, 0.4) is 0 Å². The third-order valence-corrected chi connectivity index (χ3v) is 3.67. The fourth-order valence-electron chi connectivity index (χ4n) is 2.74. The highest BCUT2D eigenvalue weighted by atomic mass is 16.1. The summed E-state index contributed by atoms with van der Waals surface area (Å²) in [4.78, 5) is 32.2. The maximum atomic E-state index is 12.1. The van der Waals surface area contributed by atoms with Crippen molar-refractivity contribution < 1.29 is 4.79 Å². The summed E-state index contributed by atoms with van der Waals surface area (Å²) in [5.74, 6) is -0.946. The Bertz CT molecular complexity index is 891. The summed E-state index contributed by atoms with van der Waals surface area (Å²) < 4.78 is 0. The van der Waals surface area contributed by atoms with Gasteiger partial charge in [0.2, 0.25) is 5.91 Å². The number of H-pyrrole nitrogens is 2. The van der Waals surface area contributed by atoms with Gasteiger partial charge in [0, 0.05) is 36.0 Å². The van der Waals surface area contributed by atoms with Gasteiger partial charge in [0.05, 0.1) is 11.0 Å². The van der Waals surface area contributed by atoms with E-state index in [-0.39, 0.29) is 12.0 Å². The van der Waals surface area contributed by atoms with Crippen molar-refractivity contribution in [3.05, 3.63) is 57.8 Å². The molecule has 0 fully saturated rings. The summed E-state index contributed by atoms with van der Waals surface area (Å²) in [6, 6.07) is 5.51. The van der Waals surface area contributed by atoms with E-state index in [2.05, 4.69) is 20.2 Å². The van der Waals surface area contributed by atoms with E-state index in [1.54, 1.807) is 19.3 Å². The number of primary amides is 1. The number of rotatable bonds is 4. The van der Waals surface area contributed by atoms with Gasteiger partial charge in [-0.05, 0) is 18.6 Å². The van der Waals surface area contributed by atoms with Crippen LogP contribution < -0.4 is 11.3 Å². The average Bonchev–Trinajstić information content (AvgIpc) is 2.83. The second kappa shape index (κ2) is 5.44. The summed E-state index contributed by atoms with van der Waals surface area (Å²) in [6.07, 6.45) is 3.21. The van der Waals surface area contributed by atoms with E-state index in [1.165, 1.54) is 0 Å². The number of para-hydroxylation sites is 1. The van der Waals surface area contributed by atoms with Gasteiger partial charge in [0.1, 0.15) is 0 Å². The van der Waals surface area contributed by atoms with Gasteiger partial charge in [0.25, 0.3) is 5.56 Å². The normalized spacial score (nSPS) is 12.4. The topological polar surface area (TPSA) is 118 Å². The van der Waals surface area contributed by atoms with E-state index < -0.39 is 11.8 Å². The Morgan fingerprint density at radius 1 is 1.27 bits per heavy atom. The third-order valence-electron chi connectivity index (χ3n) is 3.67. The van der Waals surface area contributed by atoms with Gasteiger partial charge in [-0.3, -0.25) is 24.7 Å². The molecule has 112 valence electrons. The van der Waals surface area contributed by atoms with Crippen LogP contribution in [0.2, 0.25) is 0 Å². The van der Waals surface area contributed by atoms with Gasteiger partial charge in [-0.15, -0.1) is 0 Å². The van der Waals surface area contributed by atoms with Crippen molar-refractivity contribution in [1.29, 1.82) is 0 Å². The third kappa shape index (κ3) is 2.37. The van der Waals surface area contributed by atoms with E-state index in [0.717, 1.165) is 5.56 Å². The minimum absolute atomic E-state index is 0.0253. The van der Waals surface area contributed by atoms with E-state index in [1.807, 2.05) is 18.2 Å². The molecule has 7 heteroatoms. The van der Waals surface area contributed by atoms with E-state index >= 15 is 0 Å². The Balaban J connectivity index is 2.25. The molecule has 1 aromatic carbocycles. The number of hydrogen-bond acceptors (Lipinski definition) is 4. The van der Waals surface area contributed by atoms with Crippen LogP contribution in [0.15, 0.2) is 35.4 Å². The number of aromatic amines is 2. The lowest BCUT2D eigenvalue weighted by molar-refractivity contribution is -0.118. The van der Waals surface area contributed by atoms with Crippen molar-refractivity contribution >= 4 is 16.9 Å². The molecule has 0 bridgehead atoms. The number of fused-ring (bicyclic) bond motifs is 1. The molecule has 3 rings (SSSR count). The summed E-state index contributed by atoms with van der Waals surface area (Å²) in [5.41, 5.74) is 8.43. The monoisotopic (exact) mass is 297 g/mol. The van der Waals surface area contributed by atoms with Crippen molar-refractivity contribution in [3.8, 4) is 0 Å². The molecule has 0 spiro atoms. The smallest absolute Gasteiger partial charge is 0.267 e. The zero-order valence-corrected chi connectivity index (χ0v) is 12.0. The van der Waals surface area contributed by atoms with Gasteiger partial charge < -0.3 is 10.8 Å². The summed E-state index contributed by atoms with van der Waals surface area (Å²) in [7, 11) is 0. The molecule has 1 amide bonds. The van der Waals surface area contributed by atoms with Crippen molar-refractivity contribution in [2.45, 2.75) is 19.3 Å². The second-order valence-corrected chi connectivity index (χ2v) is 5.11. The van der Waals surface area contributed by atoms with Crippen LogP contribution in [-0.2, 0) is 4.79 Å². The summed E-state index contributed by atoms with van der Waals surface area (Å²) in [5, 5.41) is 5.32. The molecule has 1 atom stereocenters. The molecule has 0 saturated carbocycles. The Hall–Kier alpha value is -2.96. The lowest BCUT2D eigenvalue weighted by Crippen LogP contribution is -2.21. The van der Waals surface area contributed by atoms with Crippen molar-refractivity contribution in [1.82, 2.24) is 20.2 Å². The number of nitrogens with two attached hydrogens (primary N) is 1. The van der Waals surface area contributed by atoms with Crippen LogP contribution in [-0.4, -0.2) is 26.1 Å². The number of hydrogen-bond donors (Lipinski definition) is 3. The Morgan fingerprint density at radius 2 is 2.05 bits per heavy atom. The zero-order valence-electron chi connectivity index (χ0n) is 12.0. The highest BCUT2D eigenvalue weighted by Crippen LogP contribution is 2.31. The number of benzene rings is 1. The predicted octanol–water partition coefficient (Wildman–Crippen LogP) is 0.962. The SMILES string of the molecule is Cc1[nH][nH]c(=O)c1[C@@H](CC(N)=O)c1cccc2nccnc12. The molecular formula is C15H15N5O2. The van der Waals surface area contributed by atoms with E-state index in [9.17, 15) is 9.59 Å². The molecule has 2 heterocycles. The highest BCUT2D eigenvalue weighted by molar-refractivity contribution is 5.81. The molecule has 3 aromatic rings. The van der Waals surface area contributed by atoms with Gasteiger partial charge >= 0.3 is 0 Å². The number of carbonyl (C=O) groups is 1. The van der Waals surface area contributed by atoms with Gasteiger partial charge in [-0.2, -0.15) is 0 Å². The van der Waals surface area contributed by atoms with Crippen molar-refractivity contribution in [2.24, 2.45) is 5.73 Å². The molecule has 22 heavy (non-hydrogen) atoms.